The first-order valence-electron chi connectivity index (χ1n) is 11.0. The summed E-state index contributed by atoms with van der Waals surface area (Å²) in [4.78, 5) is 22.5. The first-order chi connectivity index (χ1) is 13.6. The summed E-state index contributed by atoms with van der Waals surface area (Å²) in [5.74, 6) is -0.281. The molecule has 2 N–H and O–H groups in total. The van der Waals surface area contributed by atoms with E-state index in [-0.39, 0.29) is 17.4 Å². The Bertz CT molecular complexity index is 658. The van der Waals surface area contributed by atoms with E-state index in [1.54, 1.807) is 0 Å². The molecular formula is C23H36O6. The van der Waals surface area contributed by atoms with Crippen LogP contribution in [0.5, 0.6) is 0 Å². The Morgan fingerprint density at radius 2 is 2.07 bits per heavy atom. The number of carboxylic acids is 1. The largest absolute Gasteiger partial charge is 0.481 e. The molecule has 6 atom stereocenters. The lowest BCUT2D eigenvalue weighted by atomic mass is 9.46. The van der Waals surface area contributed by atoms with Crippen LogP contribution >= 0.6 is 0 Å². The normalized spacial score (nSPS) is 39.5. The van der Waals surface area contributed by atoms with E-state index in [0.29, 0.717) is 24.4 Å². The van der Waals surface area contributed by atoms with Gasteiger partial charge in [0, 0.05) is 6.42 Å². The summed E-state index contributed by atoms with van der Waals surface area (Å²) >= 11 is 0. The van der Waals surface area contributed by atoms with Gasteiger partial charge in [0.2, 0.25) is 0 Å². The van der Waals surface area contributed by atoms with Crippen molar-refractivity contribution in [3.05, 3.63) is 11.6 Å². The number of hydrogen-bond acceptors (Lipinski definition) is 5. The third-order valence-electron chi connectivity index (χ3n) is 8.20. The Balaban J connectivity index is 1.70. The monoisotopic (exact) mass is 408 g/mol. The number of rotatable bonds is 7. The van der Waals surface area contributed by atoms with E-state index in [2.05, 4.69) is 26.8 Å². The van der Waals surface area contributed by atoms with Crippen molar-refractivity contribution in [1.82, 2.24) is 0 Å². The Morgan fingerprint density at radius 1 is 1.31 bits per heavy atom. The van der Waals surface area contributed by atoms with Crippen molar-refractivity contribution < 1.29 is 29.3 Å². The van der Waals surface area contributed by atoms with Gasteiger partial charge in [-0.05, 0) is 72.7 Å². The topological polar surface area (TPSA) is 93.1 Å². The highest BCUT2D eigenvalue weighted by Gasteiger charge is 2.54. The minimum Gasteiger partial charge on any atom is -0.481 e. The highest BCUT2D eigenvalue weighted by atomic mass is 16.6. The fourth-order valence-corrected chi connectivity index (χ4v) is 6.14. The summed E-state index contributed by atoms with van der Waals surface area (Å²) in [7, 11) is 0. The molecule has 0 bridgehead atoms. The number of aliphatic hydroxyl groups excluding tert-OH is 1. The van der Waals surface area contributed by atoms with Crippen LogP contribution in [-0.2, 0) is 19.1 Å². The summed E-state index contributed by atoms with van der Waals surface area (Å²) in [6.45, 7) is 7.94. The van der Waals surface area contributed by atoms with Gasteiger partial charge < -0.3 is 19.7 Å². The van der Waals surface area contributed by atoms with Crippen molar-refractivity contribution in [1.29, 1.82) is 0 Å². The van der Waals surface area contributed by atoms with Gasteiger partial charge in [0.1, 0.15) is 13.0 Å². The number of esters is 1. The average molecular weight is 409 g/mol. The number of carboxylic acid groups (broad SMARTS) is 1. The van der Waals surface area contributed by atoms with E-state index in [0.717, 1.165) is 50.5 Å². The second-order valence-corrected chi connectivity index (χ2v) is 9.88. The molecule has 6 unspecified atom stereocenters. The Kier molecular flexibility index (Phi) is 6.74. The maximum atomic E-state index is 11.8. The Morgan fingerprint density at radius 3 is 2.72 bits per heavy atom. The predicted octanol–water partition coefficient (Wildman–Crippen LogP) is 3.92. The molecule has 3 rings (SSSR count). The number of aliphatic carboxylic acids is 1. The van der Waals surface area contributed by atoms with Crippen LogP contribution in [0.15, 0.2) is 11.6 Å². The van der Waals surface area contributed by atoms with Gasteiger partial charge in [-0.25, -0.2) is 0 Å². The molecule has 6 nitrogen and oxygen atoms in total. The van der Waals surface area contributed by atoms with Gasteiger partial charge in [-0.2, -0.15) is 0 Å². The molecule has 2 fully saturated rings. The van der Waals surface area contributed by atoms with Crippen LogP contribution in [0.4, 0.5) is 0 Å². The molecule has 0 aromatic carbocycles. The summed E-state index contributed by atoms with van der Waals surface area (Å²) in [6.07, 6.45) is 8.24. The van der Waals surface area contributed by atoms with Crippen molar-refractivity contribution >= 4 is 11.9 Å². The lowest BCUT2D eigenvalue weighted by Gasteiger charge is -2.58. The van der Waals surface area contributed by atoms with Gasteiger partial charge in [0.25, 0.3) is 0 Å². The summed E-state index contributed by atoms with van der Waals surface area (Å²) in [6, 6.07) is 0. The molecule has 1 aliphatic heterocycles. The Labute approximate surface area is 173 Å². The van der Waals surface area contributed by atoms with Crippen molar-refractivity contribution in [3.63, 3.8) is 0 Å². The van der Waals surface area contributed by atoms with Gasteiger partial charge in [-0.15, -0.1) is 0 Å². The lowest BCUT2D eigenvalue weighted by molar-refractivity contribution is -0.151. The third kappa shape index (κ3) is 4.69. The summed E-state index contributed by atoms with van der Waals surface area (Å²) < 4.78 is 10.7. The molecule has 0 spiro atoms. The maximum absolute atomic E-state index is 11.8. The van der Waals surface area contributed by atoms with Gasteiger partial charge in [-0.1, -0.05) is 26.8 Å². The van der Waals surface area contributed by atoms with Crippen LogP contribution < -0.4 is 0 Å². The SMILES string of the molecule is CC1CCC2(C)C(COC(=O)CC(=O)O)=CCCC2C1(C)CCC1COC(O)C1. The minimum absolute atomic E-state index is 0.0191. The number of aliphatic hydroxyl groups is 1. The van der Waals surface area contributed by atoms with Crippen LogP contribution in [-0.4, -0.2) is 41.7 Å². The molecule has 0 radical (unpaired) electrons. The number of hydrogen-bond donors (Lipinski definition) is 2. The zero-order valence-corrected chi connectivity index (χ0v) is 18.0. The van der Waals surface area contributed by atoms with E-state index in [1.165, 1.54) is 0 Å². The highest BCUT2D eigenvalue weighted by Crippen LogP contribution is 2.62. The van der Waals surface area contributed by atoms with E-state index >= 15 is 0 Å². The Hall–Kier alpha value is -1.40. The van der Waals surface area contributed by atoms with Crippen molar-refractivity contribution in [2.24, 2.45) is 28.6 Å². The molecule has 6 heteroatoms. The van der Waals surface area contributed by atoms with Crippen LogP contribution in [0.2, 0.25) is 0 Å². The molecule has 0 aromatic heterocycles. The van der Waals surface area contributed by atoms with E-state index in [1.807, 2.05) is 0 Å². The second kappa shape index (κ2) is 8.76. The molecule has 164 valence electrons. The molecule has 3 aliphatic rings. The minimum atomic E-state index is -1.16. The summed E-state index contributed by atoms with van der Waals surface area (Å²) in [5.41, 5.74) is 1.32. The quantitative estimate of drug-likeness (QED) is 0.377. The van der Waals surface area contributed by atoms with Gasteiger partial charge in [0.05, 0.1) is 6.61 Å². The van der Waals surface area contributed by atoms with Crippen LogP contribution in [0, 0.1) is 28.6 Å². The molecule has 0 amide bonds. The number of allylic oxidation sites excluding steroid dienone is 1. The average Bonchev–Trinajstić information content (AvgIpc) is 3.07. The molecule has 1 saturated carbocycles. The van der Waals surface area contributed by atoms with E-state index in [4.69, 9.17) is 14.6 Å². The lowest BCUT2D eigenvalue weighted by Crippen LogP contribution is -2.50. The molecule has 1 heterocycles. The first kappa shape index (κ1) is 22.3. The van der Waals surface area contributed by atoms with Crippen LogP contribution in [0.25, 0.3) is 0 Å². The van der Waals surface area contributed by atoms with Crippen molar-refractivity contribution in [2.75, 3.05) is 13.2 Å². The number of ether oxygens (including phenoxy) is 2. The van der Waals surface area contributed by atoms with Gasteiger partial charge in [-0.3, -0.25) is 9.59 Å². The summed E-state index contributed by atoms with van der Waals surface area (Å²) in [5, 5.41) is 18.4. The van der Waals surface area contributed by atoms with Crippen LogP contribution in [0.1, 0.15) is 72.1 Å². The number of fused-ring (bicyclic) bond motifs is 1. The van der Waals surface area contributed by atoms with E-state index in [9.17, 15) is 14.7 Å². The fraction of sp³-hybridized carbons (Fsp3) is 0.826. The fourth-order valence-electron chi connectivity index (χ4n) is 6.14. The maximum Gasteiger partial charge on any atom is 0.317 e. The smallest absolute Gasteiger partial charge is 0.317 e. The van der Waals surface area contributed by atoms with Crippen LogP contribution in [0.3, 0.4) is 0 Å². The molecular weight excluding hydrogens is 372 g/mol. The molecule has 2 aliphatic carbocycles. The van der Waals surface area contributed by atoms with Crippen molar-refractivity contribution in [3.8, 4) is 0 Å². The molecule has 29 heavy (non-hydrogen) atoms. The molecule has 0 aromatic rings. The predicted molar refractivity (Wildman–Crippen MR) is 108 cm³/mol. The number of carbonyl (C=O) groups excluding carboxylic acids is 1. The van der Waals surface area contributed by atoms with Gasteiger partial charge >= 0.3 is 11.9 Å². The van der Waals surface area contributed by atoms with Crippen molar-refractivity contribution in [2.45, 2.75) is 78.4 Å². The second-order valence-electron chi connectivity index (χ2n) is 9.88. The zero-order chi connectivity index (χ0) is 21.2. The zero-order valence-electron chi connectivity index (χ0n) is 18.0. The standard InChI is InChI=1S/C23H36O6/c1-15-7-9-23(3)17(14-29-21(27)12-19(24)25)5-4-6-18(23)22(15,2)10-8-16-11-20(26)28-13-16/h5,15-16,18,20,26H,4,6-14H2,1-3H3,(H,24,25). The number of carbonyl (C=O) groups is 2. The van der Waals surface area contributed by atoms with E-state index < -0.39 is 24.6 Å². The molecule has 1 saturated heterocycles. The highest BCUT2D eigenvalue weighted by molar-refractivity contribution is 5.90. The first-order valence-corrected chi connectivity index (χ1v) is 11.0. The van der Waals surface area contributed by atoms with Gasteiger partial charge in [0.15, 0.2) is 6.29 Å². The third-order valence-corrected chi connectivity index (χ3v) is 8.20.